The summed E-state index contributed by atoms with van der Waals surface area (Å²) in [5, 5.41) is 13.9. The van der Waals surface area contributed by atoms with Crippen molar-refractivity contribution in [2.45, 2.75) is 39.3 Å². The Morgan fingerprint density at radius 3 is 2.22 bits per heavy atom. The average Bonchev–Trinajstić information content (AvgIpc) is 2.55. The molecule has 0 aliphatic rings. The van der Waals surface area contributed by atoms with E-state index >= 15 is 0 Å². The first-order valence-corrected chi connectivity index (χ1v) is 9.00. The van der Waals surface area contributed by atoms with Crippen LogP contribution in [0.15, 0.2) is 12.1 Å². The third kappa shape index (κ3) is 6.97. The van der Waals surface area contributed by atoms with E-state index in [-0.39, 0.29) is 33.6 Å². The second kappa shape index (κ2) is 9.45. The van der Waals surface area contributed by atoms with E-state index in [0.717, 1.165) is 11.8 Å². The van der Waals surface area contributed by atoms with Crippen molar-refractivity contribution in [1.82, 2.24) is 5.32 Å². The molecule has 1 unspecified atom stereocenters. The molecule has 0 spiro atoms. The number of benzene rings is 1. The highest BCUT2D eigenvalue weighted by molar-refractivity contribution is 8.13. The molecule has 1 aromatic rings. The largest absolute Gasteiger partial charge is 0.493 e. The molecule has 0 fully saturated rings. The Hall–Kier alpha value is -2.49. The summed E-state index contributed by atoms with van der Waals surface area (Å²) in [6, 6.07) is 1.78. The van der Waals surface area contributed by atoms with Crippen LogP contribution in [0, 0.1) is 10.1 Å². The number of nitro groups is 1. The summed E-state index contributed by atoms with van der Waals surface area (Å²) in [6.07, 6.45) is -0.749. The number of carbonyl (C=O) groups excluding carboxylic acids is 2. The molecule has 0 bridgehead atoms. The van der Waals surface area contributed by atoms with Gasteiger partial charge in [-0.25, -0.2) is 4.79 Å². The number of hydrogen-bond donors (Lipinski definition) is 1. The smallest absolute Gasteiger partial charge is 0.408 e. The van der Waals surface area contributed by atoms with Crippen molar-refractivity contribution in [3.05, 3.63) is 27.8 Å². The summed E-state index contributed by atoms with van der Waals surface area (Å²) in [5.74, 6) is 0.537. The van der Waals surface area contributed by atoms with Gasteiger partial charge in [0.2, 0.25) is 0 Å². The normalized spacial score (nSPS) is 12.1. The van der Waals surface area contributed by atoms with Gasteiger partial charge in [-0.3, -0.25) is 14.9 Å². The van der Waals surface area contributed by atoms with Crippen LogP contribution in [-0.2, 0) is 9.53 Å². The van der Waals surface area contributed by atoms with Crippen LogP contribution in [-0.4, -0.2) is 41.7 Å². The predicted molar refractivity (Wildman–Crippen MR) is 101 cm³/mol. The molecule has 1 aromatic carbocycles. The number of amides is 1. The Labute approximate surface area is 161 Å². The van der Waals surface area contributed by atoms with E-state index in [1.807, 2.05) is 0 Å². The monoisotopic (exact) mass is 400 g/mol. The second-order valence-corrected chi connectivity index (χ2v) is 7.72. The first kappa shape index (κ1) is 22.6. The summed E-state index contributed by atoms with van der Waals surface area (Å²) in [7, 11) is 2.76. The molecule has 1 rings (SSSR count). The Balaban J connectivity index is 3.35. The zero-order chi connectivity index (χ0) is 20.8. The van der Waals surface area contributed by atoms with E-state index < -0.39 is 22.7 Å². The Kier molecular flexibility index (Phi) is 7.89. The fraction of sp³-hybridized carbons (Fsp3) is 0.529. The van der Waals surface area contributed by atoms with Gasteiger partial charge in [-0.2, -0.15) is 0 Å². The molecule has 0 aromatic heterocycles. The van der Waals surface area contributed by atoms with Gasteiger partial charge in [0.25, 0.3) is 5.69 Å². The molecule has 0 aliphatic heterocycles. The summed E-state index contributed by atoms with van der Waals surface area (Å²) >= 11 is 0.934. The van der Waals surface area contributed by atoms with Crippen molar-refractivity contribution in [1.29, 1.82) is 0 Å². The molecule has 0 heterocycles. The maximum Gasteiger partial charge on any atom is 0.408 e. The molecule has 0 radical (unpaired) electrons. The topological polar surface area (TPSA) is 117 Å². The van der Waals surface area contributed by atoms with Crippen molar-refractivity contribution in [2.24, 2.45) is 0 Å². The lowest BCUT2D eigenvalue weighted by molar-refractivity contribution is -0.385. The van der Waals surface area contributed by atoms with Gasteiger partial charge >= 0.3 is 6.09 Å². The quantitative estimate of drug-likeness (QED) is 0.546. The molecule has 150 valence electrons. The van der Waals surface area contributed by atoms with Crippen LogP contribution >= 0.6 is 11.8 Å². The zero-order valence-electron chi connectivity index (χ0n) is 16.2. The van der Waals surface area contributed by atoms with Crippen LogP contribution in [0.1, 0.15) is 39.3 Å². The minimum Gasteiger partial charge on any atom is -0.493 e. The summed E-state index contributed by atoms with van der Waals surface area (Å²) < 4.78 is 15.5. The van der Waals surface area contributed by atoms with Crippen molar-refractivity contribution in [2.75, 3.05) is 20.0 Å². The SMILES string of the molecule is COc1cc(C(CSC(C)=O)NC(=O)OC(C)(C)C)c([N+](=O)[O-])cc1OC. The van der Waals surface area contributed by atoms with Crippen LogP contribution in [0.2, 0.25) is 0 Å². The van der Waals surface area contributed by atoms with Crippen LogP contribution < -0.4 is 14.8 Å². The van der Waals surface area contributed by atoms with Crippen LogP contribution in [0.5, 0.6) is 11.5 Å². The number of ether oxygens (including phenoxy) is 3. The van der Waals surface area contributed by atoms with Gasteiger partial charge in [-0.05, 0) is 26.8 Å². The number of nitrogens with one attached hydrogen (secondary N) is 1. The Morgan fingerprint density at radius 1 is 1.22 bits per heavy atom. The maximum absolute atomic E-state index is 12.2. The van der Waals surface area contributed by atoms with Gasteiger partial charge in [0.05, 0.1) is 36.8 Å². The van der Waals surface area contributed by atoms with Crippen LogP contribution in [0.25, 0.3) is 0 Å². The molecule has 0 saturated carbocycles. The number of nitro benzene ring substituents is 1. The Morgan fingerprint density at radius 2 is 1.78 bits per heavy atom. The van der Waals surface area contributed by atoms with Gasteiger partial charge < -0.3 is 19.5 Å². The van der Waals surface area contributed by atoms with E-state index in [1.54, 1.807) is 20.8 Å². The van der Waals surface area contributed by atoms with E-state index in [4.69, 9.17) is 14.2 Å². The van der Waals surface area contributed by atoms with Gasteiger partial charge in [0, 0.05) is 12.7 Å². The molecule has 1 atom stereocenters. The fourth-order valence-corrected chi connectivity index (χ4v) is 2.85. The lowest BCUT2D eigenvalue weighted by Crippen LogP contribution is -2.36. The summed E-state index contributed by atoms with van der Waals surface area (Å²) in [4.78, 5) is 34.5. The minimum atomic E-state index is -0.853. The second-order valence-electron chi connectivity index (χ2n) is 6.52. The number of carbonyl (C=O) groups is 2. The number of nitrogens with zero attached hydrogens (tertiary/aromatic N) is 1. The van der Waals surface area contributed by atoms with Gasteiger partial charge in [-0.1, -0.05) is 11.8 Å². The Bertz CT molecular complexity index is 716. The van der Waals surface area contributed by atoms with Crippen LogP contribution in [0.3, 0.4) is 0 Å². The summed E-state index contributed by atoms with van der Waals surface area (Å²) in [5.41, 5.74) is -0.832. The molecule has 9 nitrogen and oxygen atoms in total. The van der Waals surface area contributed by atoms with Crippen molar-refractivity contribution in [3.8, 4) is 11.5 Å². The molecular weight excluding hydrogens is 376 g/mol. The number of methoxy groups -OCH3 is 2. The fourth-order valence-electron chi connectivity index (χ4n) is 2.18. The first-order chi connectivity index (χ1) is 12.5. The number of hydrogen-bond acceptors (Lipinski definition) is 8. The molecule has 27 heavy (non-hydrogen) atoms. The molecule has 10 heteroatoms. The molecule has 0 saturated heterocycles. The lowest BCUT2D eigenvalue weighted by atomic mass is 10.0. The van der Waals surface area contributed by atoms with Crippen LogP contribution in [0.4, 0.5) is 10.5 Å². The highest BCUT2D eigenvalue weighted by Crippen LogP contribution is 2.38. The third-order valence-corrected chi connectivity index (χ3v) is 4.16. The summed E-state index contributed by atoms with van der Waals surface area (Å²) in [6.45, 7) is 6.47. The minimum absolute atomic E-state index is 0.0882. The van der Waals surface area contributed by atoms with Gasteiger partial charge in [0.15, 0.2) is 16.6 Å². The highest BCUT2D eigenvalue weighted by atomic mass is 32.2. The van der Waals surface area contributed by atoms with Crippen molar-refractivity contribution >= 4 is 28.7 Å². The van der Waals surface area contributed by atoms with E-state index in [1.165, 1.54) is 33.3 Å². The van der Waals surface area contributed by atoms with E-state index in [0.29, 0.717) is 0 Å². The standard InChI is InChI=1S/C17H24N2O7S/c1-10(20)27-9-12(18-16(21)26-17(2,3)4)11-7-14(24-5)15(25-6)8-13(11)19(22)23/h7-8,12H,9H2,1-6H3,(H,18,21). The van der Waals surface area contributed by atoms with Gasteiger partial charge in [-0.15, -0.1) is 0 Å². The molecule has 1 amide bonds. The van der Waals surface area contributed by atoms with Crippen molar-refractivity contribution in [3.63, 3.8) is 0 Å². The number of thioether (sulfide) groups is 1. The maximum atomic E-state index is 12.2. The van der Waals surface area contributed by atoms with Gasteiger partial charge in [0.1, 0.15) is 5.60 Å². The zero-order valence-corrected chi connectivity index (χ0v) is 17.0. The lowest BCUT2D eigenvalue weighted by Gasteiger charge is -2.24. The number of rotatable bonds is 7. The third-order valence-electron chi connectivity index (χ3n) is 3.25. The molecule has 1 N–H and O–H groups in total. The van der Waals surface area contributed by atoms with E-state index in [2.05, 4.69) is 5.32 Å². The highest BCUT2D eigenvalue weighted by Gasteiger charge is 2.29. The predicted octanol–water partition coefficient (Wildman–Crippen LogP) is 3.46. The number of alkyl carbamates (subject to hydrolysis) is 1. The first-order valence-electron chi connectivity index (χ1n) is 8.01. The molecule has 0 aliphatic carbocycles. The molecular formula is C17H24N2O7S. The van der Waals surface area contributed by atoms with E-state index in [9.17, 15) is 19.7 Å². The average molecular weight is 400 g/mol. The van der Waals surface area contributed by atoms with Crippen molar-refractivity contribution < 1.29 is 28.7 Å².